The van der Waals surface area contributed by atoms with Crippen LogP contribution in [-0.2, 0) is 12.0 Å². The number of amides is 1. The Hall–Kier alpha value is -3.07. The van der Waals surface area contributed by atoms with Gasteiger partial charge in [0.1, 0.15) is 11.0 Å². The standard InChI is InChI=1S/C24H24ClF2N5O2/c1-12-8-14(13(2)29-16-4-5-17(25)30-19(16)20(33)28-3)18-15(9-12)21(34)32-7-6-23(22(32)31-18)10-24(26,27)11-23/h4-5,8-9,13,29H,6-7,10-11H2,1-3H3,(H,28,33)/t13-/m1/s1. The number of aryl methyl sites for hydroxylation is 1. The Bertz CT molecular complexity index is 1400. The van der Waals surface area contributed by atoms with E-state index in [2.05, 4.69) is 15.6 Å². The van der Waals surface area contributed by atoms with E-state index >= 15 is 0 Å². The van der Waals surface area contributed by atoms with Crippen LogP contribution < -0.4 is 16.2 Å². The van der Waals surface area contributed by atoms with E-state index in [-0.39, 0.29) is 35.3 Å². The van der Waals surface area contributed by atoms with E-state index in [1.165, 1.54) is 7.05 Å². The van der Waals surface area contributed by atoms with Crippen molar-refractivity contribution in [2.24, 2.45) is 0 Å². The van der Waals surface area contributed by atoms with Crippen LogP contribution in [0.4, 0.5) is 14.5 Å². The molecule has 2 aliphatic rings. The van der Waals surface area contributed by atoms with Gasteiger partial charge >= 0.3 is 0 Å². The average molecular weight is 488 g/mol. The lowest BCUT2D eigenvalue weighted by Gasteiger charge is -2.43. The predicted molar refractivity (Wildman–Crippen MR) is 126 cm³/mol. The molecule has 2 aromatic heterocycles. The first-order chi connectivity index (χ1) is 16.0. The van der Waals surface area contributed by atoms with Gasteiger partial charge in [0.2, 0.25) is 5.92 Å². The third-order valence-corrected chi connectivity index (χ3v) is 7.07. The molecule has 0 bridgehead atoms. The molecular weight excluding hydrogens is 464 g/mol. The molecule has 0 unspecified atom stereocenters. The molecule has 5 rings (SSSR count). The van der Waals surface area contributed by atoms with Gasteiger partial charge in [-0.2, -0.15) is 0 Å². The number of anilines is 1. The zero-order valence-electron chi connectivity index (χ0n) is 19.0. The van der Waals surface area contributed by atoms with Crippen molar-refractivity contribution in [3.63, 3.8) is 0 Å². The smallest absolute Gasteiger partial charge is 0.271 e. The van der Waals surface area contributed by atoms with Gasteiger partial charge in [0.15, 0.2) is 5.69 Å². The van der Waals surface area contributed by atoms with Crippen molar-refractivity contribution >= 4 is 34.1 Å². The maximum absolute atomic E-state index is 13.8. The van der Waals surface area contributed by atoms with Crippen molar-refractivity contribution in [1.82, 2.24) is 19.9 Å². The van der Waals surface area contributed by atoms with Crippen LogP contribution in [0, 0.1) is 6.92 Å². The van der Waals surface area contributed by atoms with Crippen molar-refractivity contribution in [3.05, 3.63) is 62.4 Å². The Kier molecular flexibility index (Phi) is 5.16. The van der Waals surface area contributed by atoms with Crippen LogP contribution in [0.15, 0.2) is 29.1 Å². The molecule has 1 aliphatic carbocycles. The van der Waals surface area contributed by atoms with Gasteiger partial charge in [-0.05, 0) is 44.0 Å². The molecule has 1 fully saturated rings. The number of hydrogen-bond donors (Lipinski definition) is 2. The molecule has 7 nitrogen and oxygen atoms in total. The number of rotatable bonds is 4. The van der Waals surface area contributed by atoms with Crippen LogP contribution in [-0.4, -0.2) is 33.4 Å². The number of pyridine rings is 1. The summed E-state index contributed by atoms with van der Waals surface area (Å²) in [6.07, 6.45) is -0.0625. The second-order valence-corrected chi connectivity index (χ2v) is 9.74. The van der Waals surface area contributed by atoms with Gasteiger partial charge in [0.05, 0.1) is 22.6 Å². The summed E-state index contributed by atoms with van der Waals surface area (Å²) in [7, 11) is 1.50. The van der Waals surface area contributed by atoms with E-state index < -0.39 is 17.2 Å². The molecule has 0 saturated heterocycles. The fourth-order valence-corrected chi connectivity index (χ4v) is 5.46. The summed E-state index contributed by atoms with van der Waals surface area (Å²) >= 11 is 5.99. The first-order valence-corrected chi connectivity index (χ1v) is 11.5. The lowest BCUT2D eigenvalue weighted by atomic mass is 9.65. The summed E-state index contributed by atoms with van der Waals surface area (Å²) < 4.78 is 29.2. The zero-order chi connectivity index (χ0) is 24.4. The number of benzene rings is 1. The number of alkyl halides is 2. The second kappa shape index (κ2) is 7.73. The Labute approximate surface area is 199 Å². The van der Waals surface area contributed by atoms with E-state index in [9.17, 15) is 18.4 Å². The van der Waals surface area contributed by atoms with Crippen LogP contribution in [0.2, 0.25) is 5.15 Å². The van der Waals surface area contributed by atoms with Gasteiger partial charge in [-0.25, -0.2) is 18.7 Å². The van der Waals surface area contributed by atoms with E-state index in [1.54, 1.807) is 22.8 Å². The predicted octanol–water partition coefficient (Wildman–Crippen LogP) is 4.36. The van der Waals surface area contributed by atoms with Gasteiger partial charge < -0.3 is 10.6 Å². The van der Waals surface area contributed by atoms with Gasteiger partial charge in [0.25, 0.3) is 11.5 Å². The minimum Gasteiger partial charge on any atom is -0.377 e. The van der Waals surface area contributed by atoms with Crippen LogP contribution >= 0.6 is 11.6 Å². The number of carbonyl (C=O) groups is 1. The minimum atomic E-state index is -2.72. The largest absolute Gasteiger partial charge is 0.377 e. The molecule has 178 valence electrons. The van der Waals surface area contributed by atoms with Crippen molar-refractivity contribution in [1.29, 1.82) is 0 Å². The summed E-state index contributed by atoms with van der Waals surface area (Å²) in [5, 5.41) is 6.47. The Morgan fingerprint density at radius 2 is 1.97 bits per heavy atom. The third kappa shape index (κ3) is 3.53. The first kappa shape index (κ1) is 22.7. The van der Waals surface area contributed by atoms with Crippen molar-refractivity contribution in [2.45, 2.75) is 57.0 Å². The third-order valence-electron chi connectivity index (χ3n) is 6.86. The summed E-state index contributed by atoms with van der Waals surface area (Å²) in [5.41, 5.74) is 1.76. The number of aromatic nitrogens is 3. The van der Waals surface area contributed by atoms with Crippen LogP contribution in [0.25, 0.3) is 10.9 Å². The van der Waals surface area contributed by atoms with Gasteiger partial charge in [-0.3, -0.25) is 14.2 Å². The Morgan fingerprint density at radius 3 is 2.65 bits per heavy atom. The molecule has 1 amide bonds. The topological polar surface area (TPSA) is 88.9 Å². The number of nitrogens with one attached hydrogen (secondary N) is 2. The van der Waals surface area contributed by atoms with Crippen molar-refractivity contribution < 1.29 is 13.6 Å². The van der Waals surface area contributed by atoms with E-state index in [4.69, 9.17) is 16.6 Å². The summed E-state index contributed by atoms with van der Waals surface area (Å²) in [6.45, 7) is 4.17. The summed E-state index contributed by atoms with van der Waals surface area (Å²) in [4.78, 5) is 34.6. The Balaban J connectivity index is 1.61. The molecule has 0 radical (unpaired) electrons. The lowest BCUT2D eigenvalue weighted by molar-refractivity contribution is -0.127. The van der Waals surface area contributed by atoms with Gasteiger partial charge in [0, 0.05) is 37.4 Å². The molecule has 3 aromatic rings. The number of carbonyl (C=O) groups excluding carboxylic acids is 1. The SMILES string of the molecule is CNC(=O)c1nc(Cl)ccc1N[C@H](C)c1cc(C)cc2c(=O)n3c(nc12)C1(CC3)CC(F)(F)C1. The quantitative estimate of drug-likeness (QED) is 0.534. The van der Waals surface area contributed by atoms with Crippen LogP contribution in [0.1, 0.15) is 59.7 Å². The minimum absolute atomic E-state index is 0.142. The number of hydrogen-bond acceptors (Lipinski definition) is 5. The lowest BCUT2D eigenvalue weighted by Crippen LogP contribution is -2.49. The number of halogens is 3. The molecule has 1 saturated carbocycles. The molecule has 1 aromatic carbocycles. The maximum atomic E-state index is 13.8. The maximum Gasteiger partial charge on any atom is 0.271 e. The number of nitrogens with zero attached hydrogens (tertiary/aromatic N) is 3. The fourth-order valence-electron chi connectivity index (χ4n) is 5.31. The zero-order valence-corrected chi connectivity index (χ0v) is 19.8. The van der Waals surface area contributed by atoms with Crippen molar-refractivity contribution in [3.8, 4) is 0 Å². The van der Waals surface area contributed by atoms with E-state index in [1.807, 2.05) is 19.9 Å². The molecule has 2 N–H and O–H groups in total. The van der Waals surface area contributed by atoms with Gasteiger partial charge in [-0.15, -0.1) is 0 Å². The molecule has 34 heavy (non-hydrogen) atoms. The van der Waals surface area contributed by atoms with Gasteiger partial charge in [-0.1, -0.05) is 17.7 Å². The number of fused-ring (bicyclic) bond motifs is 3. The molecule has 1 spiro atoms. The second-order valence-electron chi connectivity index (χ2n) is 9.36. The monoisotopic (exact) mass is 487 g/mol. The highest BCUT2D eigenvalue weighted by Gasteiger charge is 2.61. The highest BCUT2D eigenvalue weighted by molar-refractivity contribution is 6.29. The normalized spacial score (nSPS) is 18.4. The molecule has 3 heterocycles. The first-order valence-electron chi connectivity index (χ1n) is 11.1. The summed E-state index contributed by atoms with van der Waals surface area (Å²) in [5.74, 6) is -2.66. The van der Waals surface area contributed by atoms with E-state index in [0.29, 0.717) is 35.4 Å². The van der Waals surface area contributed by atoms with E-state index in [0.717, 1.165) is 11.1 Å². The molecule has 1 aliphatic heterocycles. The fraction of sp³-hybridized carbons (Fsp3) is 0.417. The summed E-state index contributed by atoms with van der Waals surface area (Å²) in [6, 6.07) is 6.58. The Morgan fingerprint density at radius 1 is 1.24 bits per heavy atom. The highest BCUT2D eigenvalue weighted by Crippen LogP contribution is 2.57. The highest BCUT2D eigenvalue weighted by atomic mass is 35.5. The van der Waals surface area contributed by atoms with Crippen molar-refractivity contribution in [2.75, 3.05) is 12.4 Å². The molecular formula is C24H24ClF2N5O2. The molecule has 1 atom stereocenters. The van der Waals surface area contributed by atoms with Crippen LogP contribution in [0.5, 0.6) is 0 Å². The van der Waals surface area contributed by atoms with Crippen LogP contribution in [0.3, 0.4) is 0 Å². The average Bonchev–Trinajstić information content (AvgIpc) is 3.12. The molecule has 10 heteroatoms.